The van der Waals surface area contributed by atoms with Gasteiger partial charge in [0.05, 0.1) is 12.0 Å². The molecule has 1 aromatic carbocycles. The highest BCUT2D eigenvalue weighted by Gasteiger charge is 2.35. The Bertz CT molecular complexity index is 644. The molecule has 2 heterocycles. The third-order valence-electron chi connectivity index (χ3n) is 4.74. The number of amides is 1. The van der Waals surface area contributed by atoms with Crippen molar-refractivity contribution in [2.75, 3.05) is 19.8 Å². The normalized spacial score (nSPS) is 16.7. The molecular formula is C19H24N2O3. The Morgan fingerprint density at radius 1 is 1.17 bits per heavy atom. The van der Waals surface area contributed by atoms with Gasteiger partial charge in [-0.3, -0.25) is 4.79 Å². The SMILES string of the molecule is O=C(CC1(n2cccc2)CCOCC1)NCCc1ccc(O)cc1. The fourth-order valence-electron chi connectivity index (χ4n) is 3.30. The van der Waals surface area contributed by atoms with Crippen molar-refractivity contribution >= 4 is 5.91 Å². The molecule has 24 heavy (non-hydrogen) atoms. The van der Waals surface area contributed by atoms with Crippen LogP contribution in [0, 0.1) is 0 Å². The van der Waals surface area contributed by atoms with Crippen LogP contribution in [0.5, 0.6) is 5.75 Å². The molecule has 0 bridgehead atoms. The summed E-state index contributed by atoms with van der Waals surface area (Å²) in [4.78, 5) is 12.5. The minimum Gasteiger partial charge on any atom is -0.508 e. The second-order valence-electron chi connectivity index (χ2n) is 6.37. The Morgan fingerprint density at radius 2 is 1.83 bits per heavy atom. The Kier molecular flexibility index (Phi) is 5.20. The highest BCUT2D eigenvalue weighted by molar-refractivity contribution is 5.77. The molecule has 2 aromatic rings. The number of phenolic OH excluding ortho intramolecular Hbond substituents is 1. The minimum atomic E-state index is -0.176. The number of hydrogen-bond donors (Lipinski definition) is 2. The van der Waals surface area contributed by atoms with Crippen molar-refractivity contribution in [2.45, 2.75) is 31.2 Å². The molecule has 0 atom stereocenters. The molecule has 1 aliphatic heterocycles. The number of nitrogens with zero attached hydrogens (tertiary/aromatic N) is 1. The van der Waals surface area contributed by atoms with Gasteiger partial charge in [0, 0.05) is 32.2 Å². The fourth-order valence-corrected chi connectivity index (χ4v) is 3.30. The van der Waals surface area contributed by atoms with E-state index >= 15 is 0 Å². The molecular weight excluding hydrogens is 304 g/mol. The largest absolute Gasteiger partial charge is 0.508 e. The van der Waals surface area contributed by atoms with Gasteiger partial charge >= 0.3 is 0 Å². The van der Waals surface area contributed by atoms with Gasteiger partial charge < -0.3 is 19.7 Å². The number of aromatic hydroxyl groups is 1. The Hall–Kier alpha value is -2.27. The second kappa shape index (κ2) is 7.53. The first-order valence-corrected chi connectivity index (χ1v) is 8.44. The van der Waals surface area contributed by atoms with Crippen LogP contribution >= 0.6 is 0 Å². The molecule has 3 rings (SSSR count). The minimum absolute atomic E-state index is 0.0735. The van der Waals surface area contributed by atoms with Gasteiger partial charge in [0.25, 0.3) is 0 Å². The molecule has 128 valence electrons. The van der Waals surface area contributed by atoms with Crippen molar-refractivity contribution in [3.05, 3.63) is 54.4 Å². The van der Waals surface area contributed by atoms with E-state index in [0.29, 0.717) is 26.2 Å². The average Bonchev–Trinajstić information content (AvgIpc) is 3.13. The molecule has 1 amide bonds. The molecule has 1 aliphatic rings. The van der Waals surface area contributed by atoms with Gasteiger partial charge in [0.1, 0.15) is 5.75 Å². The average molecular weight is 328 g/mol. The summed E-state index contributed by atoms with van der Waals surface area (Å²) in [6, 6.07) is 11.1. The molecule has 1 fully saturated rings. The van der Waals surface area contributed by atoms with Crippen molar-refractivity contribution < 1.29 is 14.6 Å². The summed E-state index contributed by atoms with van der Waals surface area (Å²) in [6.07, 6.45) is 7.01. The van der Waals surface area contributed by atoms with Crippen LogP contribution in [-0.4, -0.2) is 35.3 Å². The molecule has 0 aliphatic carbocycles. The number of nitrogens with one attached hydrogen (secondary N) is 1. The topological polar surface area (TPSA) is 63.5 Å². The highest BCUT2D eigenvalue weighted by Crippen LogP contribution is 2.32. The zero-order chi connectivity index (χ0) is 16.8. The molecule has 5 heteroatoms. The van der Waals surface area contributed by atoms with Crippen LogP contribution in [0.25, 0.3) is 0 Å². The summed E-state index contributed by atoms with van der Waals surface area (Å²) in [6.45, 7) is 1.99. The van der Waals surface area contributed by atoms with E-state index in [1.807, 2.05) is 36.7 Å². The number of ether oxygens (including phenoxy) is 1. The quantitative estimate of drug-likeness (QED) is 0.856. The molecule has 0 saturated carbocycles. The van der Waals surface area contributed by atoms with Gasteiger partial charge in [-0.15, -0.1) is 0 Å². The first kappa shape index (κ1) is 16.6. The van der Waals surface area contributed by atoms with Crippen LogP contribution in [-0.2, 0) is 21.5 Å². The van der Waals surface area contributed by atoms with Crippen LogP contribution in [0.4, 0.5) is 0 Å². The van der Waals surface area contributed by atoms with E-state index in [9.17, 15) is 9.90 Å². The van der Waals surface area contributed by atoms with Crippen LogP contribution in [0.1, 0.15) is 24.8 Å². The van der Waals surface area contributed by atoms with E-state index < -0.39 is 0 Å². The van der Waals surface area contributed by atoms with E-state index in [4.69, 9.17) is 4.74 Å². The van der Waals surface area contributed by atoms with Gasteiger partial charge in [-0.1, -0.05) is 12.1 Å². The van der Waals surface area contributed by atoms with E-state index in [0.717, 1.165) is 24.8 Å². The predicted molar refractivity (Wildman–Crippen MR) is 91.9 cm³/mol. The molecule has 0 unspecified atom stereocenters. The lowest BCUT2D eigenvalue weighted by atomic mass is 9.86. The Balaban J connectivity index is 1.55. The van der Waals surface area contributed by atoms with Crippen LogP contribution in [0.15, 0.2) is 48.8 Å². The fraction of sp³-hybridized carbons (Fsp3) is 0.421. The summed E-state index contributed by atoms with van der Waals surface area (Å²) in [5.41, 5.74) is 0.920. The third kappa shape index (κ3) is 3.97. The van der Waals surface area contributed by atoms with E-state index in [1.54, 1.807) is 12.1 Å². The second-order valence-corrected chi connectivity index (χ2v) is 6.37. The lowest BCUT2D eigenvalue weighted by Gasteiger charge is -2.38. The first-order chi connectivity index (χ1) is 11.7. The number of benzene rings is 1. The van der Waals surface area contributed by atoms with Gasteiger partial charge in [-0.05, 0) is 49.1 Å². The van der Waals surface area contributed by atoms with E-state index in [-0.39, 0.29) is 17.2 Å². The van der Waals surface area contributed by atoms with Gasteiger partial charge in [-0.2, -0.15) is 0 Å². The van der Waals surface area contributed by atoms with Crippen molar-refractivity contribution in [3.63, 3.8) is 0 Å². The first-order valence-electron chi connectivity index (χ1n) is 8.44. The zero-order valence-electron chi connectivity index (χ0n) is 13.8. The summed E-state index contributed by atoms with van der Waals surface area (Å²) in [7, 11) is 0. The number of rotatable bonds is 6. The molecule has 1 aromatic heterocycles. The van der Waals surface area contributed by atoms with Gasteiger partial charge in [-0.25, -0.2) is 0 Å². The van der Waals surface area contributed by atoms with E-state index in [2.05, 4.69) is 9.88 Å². The molecule has 5 nitrogen and oxygen atoms in total. The number of hydrogen-bond acceptors (Lipinski definition) is 3. The number of carbonyl (C=O) groups excluding carboxylic acids is 1. The Morgan fingerprint density at radius 3 is 2.50 bits per heavy atom. The molecule has 2 N–H and O–H groups in total. The Labute approximate surface area is 142 Å². The monoisotopic (exact) mass is 328 g/mol. The van der Waals surface area contributed by atoms with Crippen LogP contribution in [0.3, 0.4) is 0 Å². The van der Waals surface area contributed by atoms with Crippen molar-refractivity contribution in [2.24, 2.45) is 0 Å². The highest BCUT2D eigenvalue weighted by atomic mass is 16.5. The van der Waals surface area contributed by atoms with E-state index in [1.165, 1.54) is 0 Å². The summed E-state index contributed by atoms with van der Waals surface area (Å²) in [5, 5.41) is 12.3. The lowest BCUT2D eigenvalue weighted by Crippen LogP contribution is -2.43. The van der Waals surface area contributed by atoms with Crippen LogP contribution in [0.2, 0.25) is 0 Å². The van der Waals surface area contributed by atoms with Crippen molar-refractivity contribution in [1.29, 1.82) is 0 Å². The van der Waals surface area contributed by atoms with Crippen LogP contribution < -0.4 is 5.32 Å². The van der Waals surface area contributed by atoms with Gasteiger partial charge in [0.2, 0.25) is 5.91 Å². The van der Waals surface area contributed by atoms with Gasteiger partial charge in [0.15, 0.2) is 0 Å². The maximum atomic E-state index is 12.5. The standard InChI is InChI=1S/C19H24N2O3/c22-17-5-3-16(4-6-17)7-10-20-18(23)15-19(8-13-24-14-9-19)21-11-1-2-12-21/h1-6,11-12,22H,7-10,13-15H2,(H,20,23). The number of aromatic nitrogens is 1. The predicted octanol–water partition coefficient (Wildman–Crippen LogP) is 2.45. The molecule has 0 spiro atoms. The smallest absolute Gasteiger partial charge is 0.222 e. The van der Waals surface area contributed by atoms with Crippen molar-refractivity contribution in [3.8, 4) is 5.75 Å². The lowest BCUT2D eigenvalue weighted by molar-refractivity contribution is -0.124. The maximum Gasteiger partial charge on any atom is 0.222 e. The summed E-state index contributed by atoms with van der Waals surface area (Å²) in [5.74, 6) is 0.334. The summed E-state index contributed by atoms with van der Waals surface area (Å²) >= 11 is 0. The third-order valence-corrected chi connectivity index (χ3v) is 4.74. The number of carbonyl (C=O) groups is 1. The molecule has 0 radical (unpaired) electrons. The number of phenols is 1. The maximum absolute atomic E-state index is 12.5. The zero-order valence-corrected chi connectivity index (χ0v) is 13.8. The summed E-state index contributed by atoms with van der Waals surface area (Å²) < 4.78 is 7.65. The molecule has 1 saturated heterocycles. The van der Waals surface area contributed by atoms with Crippen molar-refractivity contribution in [1.82, 2.24) is 9.88 Å².